The van der Waals surface area contributed by atoms with E-state index < -0.39 is 5.60 Å². The Kier molecular flexibility index (Phi) is 4.66. The van der Waals surface area contributed by atoms with Crippen LogP contribution in [-0.4, -0.2) is 34.8 Å². The second-order valence-corrected chi connectivity index (χ2v) is 8.55. The fourth-order valence-electron chi connectivity index (χ4n) is 3.76. The van der Waals surface area contributed by atoms with E-state index >= 15 is 0 Å². The van der Waals surface area contributed by atoms with E-state index in [9.17, 15) is 5.11 Å². The van der Waals surface area contributed by atoms with Crippen molar-refractivity contribution in [1.82, 2.24) is 5.32 Å². The Morgan fingerprint density at radius 2 is 1.89 bits per heavy atom. The van der Waals surface area contributed by atoms with Crippen molar-refractivity contribution in [2.24, 2.45) is 11.3 Å². The quantitative estimate of drug-likeness (QED) is 0.827. The molecular formula is C15H29NOS. The monoisotopic (exact) mass is 271 g/mol. The van der Waals surface area contributed by atoms with Crippen molar-refractivity contribution in [3.63, 3.8) is 0 Å². The lowest BCUT2D eigenvalue weighted by Gasteiger charge is -2.41. The average Bonchev–Trinajstić information content (AvgIpc) is 2.25. The van der Waals surface area contributed by atoms with E-state index in [1.54, 1.807) is 0 Å². The van der Waals surface area contributed by atoms with Crippen LogP contribution in [0.4, 0.5) is 0 Å². The van der Waals surface area contributed by atoms with E-state index in [1.807, 2.05) is 11.8 Å². The zero-order chi connectivity index (χ0) is 13.2. The fourth-order valence-corrected chi connectivity index (χ4v) is 5.02. The van der Waals surface area contributed by atoms with Gasteiger partial charge in [0.1, 0.15) is 0 Å². The molecule has 0 aromatic rings. The van der Waals surface area contributed by atoms with Crippen LogP contribution in [0, 0.1) is 11.3 Å². The number of thioether (sulfide) groups is 1. The van der Waals surface area contributed by atoms with E-state index in [-0.39, 0.29) is 0 Å². The van der Waals surface area contributed by atoms with Crippen molar-refractivity contribution >= 4 is 11.8 Å². The summed E-state index contributed by atoms with van der Waals surface area (Å²) in [6, 6.07) is 0.599. The molecule has 1 aliphatic heterocycles. The largest absolute Gasteiger partial charge is 0.389 e. The highest BCUT2D eigenvalue weighted by atomic mass is 32.2. The van der Waals surface area contributed by atoms with E-state index in [1.165, 1.54) is 19.3 Å². The Hall–Kier alpha value is 0.270. The predicted molar refractivity (Wildman–Crippen MR) is 80.1 cm³/mol. The molecule has 1 saturated heterocycles. The fraction of sp³-hybridized carbons (Fsp3) is 1.00. The molecule has 1 aliphatic carbocycles. The summed E-state index contributed by atoms with van der Waals surface area (Å²) in [6.45, 7) is 7.91. The van der Waals surface area contributed by atoms with Crippen LogP contribution in [0.1, 0.15) is 52.9 Å². The Morgan fingerprint density at radius 1 is 1.22 bits per heavy atom. The van der Waals surface area contributed by atoms with Gasteiger partial charge in [-0.1, -0.05) is 20.8 Å². The highest BCUT2D eigenvalue weighted by Gasteiger charge is 2.34. The molecule has 0 amide bonds. The van der Waals surface area contributed by atoms with Gasteiger partial charge in [-0.2, -0.15) is 11.8 Å². The standard InChI is InChI=1S/C15H29NOS/c1-12-8-13(10-14(2,3)9-12)16-11-15(17)4-6-18-7-5-15/h12-13,16-17H,4-11H2,1-3H3. The van der Waals surface area contributed by atoms with Gasteiger partial charge in [0.2, 0.25) is 0 Å². The highest BCUT2D eigenvalue weighted by Crippen LogP contribution is 2.38. The normalized spacial score (nSPS) is 35.3. The molecule has 3 heteroatoms. The van der Waals surface area contributed by atoms with Crippen LogP contribution in [0.2, 0.25) is 0 Å². The number of hydrogen-bond acceptors (Lipinski definition) is 3. The van der Waals surface area contributed by atoms with Gasteiger partial charge in [-0.15, -0.1) is 0 Å². The first-order valence-electron chi connectivity index (χ1n) is 7.42. The maximum atomic E-state index is 10.5. The van der Waals surface area contributed by atoms with Gasteiger partial charge >= 0.3 is 0 Å². The molecule has 2 fully saturated rings. The van der Waals surface area contributed by atoms with E-state index in [2.05, 4.69) is 26.1 Å². The molecule has 1 saturated carbocycles. The van der Waals surface area contributed by atoms with Crippen molar-refractivity contribution < 1.29 is 5.11 Å². The smallest absolute Gasteiger partial charge is 0.0787 e. The number of rotatable bonds is 3. The third kappa shape index (κ3) is 4.14. The Labute approximate surface area is 116 Å². The zero-order valence-electron chi connectivity index (χ0n) is 12.2. The first-order valence-corrected chi connectivity index (χ1v) is 8.58. The second-order valence-electron chi connectivity index (χ2n) is 7.33. The van der Waals surface area contributed by atoms with E-state index in [0.717, 1.165) is 36.8 Å². The first-order chi connectivity index (χ1) is 8.39. The summed E-state index contributed by atoms with van der Waals surface area (Å²) < 4.78 is 0. The van der Waals surface area contributed by atoms with Crippen molar-refractivity contribution in [3.8, 4) is 0 Å². The molecule has 0 radical (unpaired) electrons. The molecule has 2 atom stereocenters. The Balaban J connectivity index is 1.82. The Morgan fingerprint density at radius 3 is 2.50 bits per heavy atom. The summed E-state index contributed by atoms with van der Waals surface area (Å²) in [5.41, 5.74) is 0.0243. The maximum Gasteiger partial charge on any atom is 0.0787 e. The SMILES string of the molecule is CC1CC(NCC2(O)CCSCC2)CC(C)(C)C1. The van der Waals surface area contributed by atoms with Gasteiger partial charge in [-0.05, 0) is 54.9 Å². The number of aliphatic hydroxyl groups is 1. The highest BCUT2D eigenvalue weighted by molar-refractivity contribution is 7.99. The Bertz CT molecular complexity index is 274. The topological polar surface area (TPSA) is 32.3 Å². The molecule has 2 rings (SSSR count). The third-order valence-corrected chi connectivity index (χ3v) is 5.52. The average molecular weight is 271 g/mol. The molecule has 2 unspecified atom stereocenters. The number of hydrogen-bond donors (Lipinski definition) is 2. The summed E-state index contributed by atoms with van der Waals surface area (Å²) in [5.74, 6) is 3.04. The molecule has 0 bridgehead atoms. The molecule has 2 nitrogen and oxygen atoms in total. The van der Waals surface area contributed by atoms with Crippen molar-refractivity contribution in [2.75, 3.05) is 18.1 Å². The van der Waals surface area contributed by atoms with Crippen molar-refractivity contribution in [3.05, 3.63) is 0 Å². The molecule has 2 N–H and O–H groups in total. The molecular weight excluding hydrogens is 242 g/mol. The molecule has 18 heavy (non-hydrogen) atoms. The maximum absolute atomic E-state index is 10.5. The van der Waals surface area contributed by atoms with E-state index in [4.69, 9.17) is 0 Å². The summed E-state index contributed by atoms with van der Waals surface area (Å²) in [4.78, 5) is 0. The molecule has 106 valence electrons. The zero-order valence-corrected chi connectivity index (χ0v) is 13.0. The second kappa shape index (κ2) is 5.72. The van der Waals surface area contributed by atoms with Crippen LogP contribution in [0.5, 0.6) is 0 Å². The van der Waals surface area contributed by atoms with E-state index in [0.29, 0.717) is 11.5 Å². The predicted octanol–water partition coefficient (Wildman–Crippen LogP) is 3.05. The molecule has 0 spiro atoms. The van der Waals surface area contributed by atoms with Gasteiger partial charge in [-0.3, -0.25) is 0 Å². The van der Waals surface area contributed by atoms with Gasteiger partial charge in [0, 0.05) is 12.6 Å². The number of nitrogens with one attached hydrogen (secondary N) is 1. The molecule has 0 aromatic carbocycles. The van der Waals surface area contributed by atoms with Crippen LogP contribution < -0.4 is 5.32 Å². The lowest BCUT2D eigenvalue weighted by Crippen LogP contribution is -2.49. The third-order valence-electron chi connectivity index (χ3n) is 4.53. The summed E-state index contributed by atoms with van der Waals surface area (Å²) >= 11 is 1.97. The van der Waals surface area contributed by atoms with Crippen molar-refractivity contribution in [2.45, 2.75) is 64.5 Å². The van der Waals surface area contributed by atoms with Gasteiger partial charge in [0.05, 0.1) is 5.60 Å². The van der Waals surface area contributed by atoms with Gasteiger partial charge in [0.15, 0.2) is 0 Å². The lowest BCUT2D eigenvalue weighted by molar-refractivity contribution is 0.0237. The minimum absolute atomic E-state index is 0.434. The van der Waals surface area contributed by atoms with Crippen LogP contribution in [0.3, 0.4) is 0 Å². The minimum Gasteiger partial charge on any atom is -0.389 e. The summed E-state index contributed by atoms with van der Waals surface area (Å²) in [6.07, 6.45) is 5.77. The van der Waals surface area contributed by atoms with Gasteiger partial charge in [-0.25, -0.2) is 0 Å². The molecule has 0 aromatic heterocycles. The van der Waals surface area contributed by atoms with Crippen LogP contribution in [0.15, 0.2) is 0 Å². The van der Waals surface area contributed by atoms with Crippen LogP contribution >= 0.6 is 11.8 Å². The van der Waals surface area contributed by atoms with Crippen LogP contribution in [0.25, 0.3) is 0 Å². The van der Waals surface area contributed by atoms with Gasteiger partial charge < -0.3 is 10.4 Å². The van der Waals surface area contributed by atoms with Crippen molar-refractivity contribution in [1.29, 1.82) is 0 Å². The van der Waals surface area contributed by atoms with Gasteiger partial charge in [0.25, 0.3) is 0 Å². The molecule has 1 heterocycles. The summed E-state index contributed by atoms with van der Waals surface area (Å²) in [7, 11) is 0. The first kappa shape index (κ1) is 14.7. The lowest BCUT2D eigenvalue weighted by atomic mass is 9.70. The summed E-state index contributed by atoms with van der Waals surface area (Å²) in [5, 5.41) is 14.2. The van der Waals surface area contributed by atoms with Crippen LogP contribution in [-0.2, 0) is 0 Å². The molecule has 2 aliphatic rings. The minimum atomic E-state index is -0.434.